The van der Waals surface area contributed by atoms with Crippen molar-refractivity contribution in [1.82, 2.24) is 0 Å². The Balaban J connectivity index is 0.00000128. The Morgan fingerprint density at radius 3 is 1.25 bits per heavy atom. The van der Waals surface area contributed by atoms with E-state index in [-0.39, 0.29) is 7.43 Å². The van der Waals surface area contributed by atoms with E-state index in [9.17, 15) is 0 Å². The standard InChI is InChI=1S/C13H14N2.CH4/c14-13(15,11-7-3-1-4-8-11)12-9-5-2-6-10-12;/h1-10H,14-15H2;1H4. The highest BCUT2D eigenvalue weighted by molar-refractivity contribution is 5.35. The zero-order chi connectivity index (χ0) is 10.7. The van der Waals surface area contributed by atoms with Crippen molar-refractivity contribution in [3.05, 3.63) is 71.8 Å². The molecular weight excluding hydrogens is 196 g/mol. The average Bonchev–Trinajstić information content (AvgIpc) is 2.31. The van der Waals surface area contributed by atoms with Gasteiger partial charge in [0, 0.05) is 0 Å². The average molecular weight is 214 g/mol. The second-order valence-corrected chi connectivity index (χ2v) is 3.60. The van der Waals surface area contributed by atoms with Gasteiger partial charge in [-0.2, -0.15) is 0 Å². The van der Waals surface area contributed by atoms with Gasteiger partial charge in [0.25, 0.3) is 0 Å². The van der Waals surface area contributed by atoms with Crippen LogP contribution < -0.4 is 11.5 Å². The van der Waals surface area contributed by atoms with Crippen molar-refractivity contribution in [3.8, 4) is 0 Å². The molecule has 2 aromatic carbocycles. The van der Waals surface area contributed by atoms with Crippen molar-refractivity contribution in [3.63, 3.8) is 0 Å². The van der Waals surface area contributed by atoms with E-state index in [4.69, 9.17) is 11.5 Å². The van der Waals surface area contributed by atoms with Gasteiger partial charge in [-0.3, -0.25) is 0 Å². The van der Waals surface area contributed by atoms with Gasteiger partial charge in [0.15, 0.2) is 0 Å². The van der Waals surface area contributed by atoms with E-state index < -0.39 is 5.66 Å². The van der Waals surface area contributed by atoms with E-state index in [1.165, 1.54) is 0 Å². The van der Waals surface area contributed by atoms with Crippen molar-refractivity contribution in [2.45, 2.75) is 13.1 Å². The van der Waals surface area contributed by atoms with Gasteiger partial charge in [0.05, 0.1) is 0 Å². The Morgan fingerprint density at radius 2 is 0.938 bits per heavy atom. The molecular formula is C14H18N2. The maximum Gasteiger partial charge on any atom is 0.116 e. The van der Waals surface area contributed by atoms with Crippen LogP contribution in [0.2, 0.25) is 0 Å². The summed E-state index contributed by atoms with van der Waals surface area (Å²) in [4.78, 5) is 0. The summed E-state index contributed by atoms with van der Waals surface area (Å²) in [5, 5.41) is 0. The summed E-state index contributed by atoms with van der Waals surface area (Å²) in [7, 11) is 0. The molecule has 2 heteroatoms. The molecule has 0 aliphatic rings. The number of benzene rings is 2. The first-order valence-corrected chi connectivity index (χ1v) is 4.90. The molecule has 0 spiro atoms. The summed E-state index contributed by atoms with van der Waals surface area (Å²) < 4.78 is 0. The molecule has 4 N–H and O–H groups in total. The van der Waals surface area contributed by atoms with Gasteiger partial charge in [-0.15, -0.1) is 0 Å². The fourth-order valence-corrected chi connectivity index (χ4v) is 1.59. The van der Waals surface area contributed by atoms with E-state index in [2.05, 4.69) is 0 Å². The van der Waals surface area contributed by atoms with Gasteiger partial charge in [0.1, 0.15) is 5.66 Å². The first-order chi connectivity index (χ1) is 7.21. The minimum absolute atomic E-state index is 0. The monoisotopic (exact) mass is 214 g/mol. The molecule has 16 heavy (non-hydrogen) atoms. The summed E-state index contributed by atoms with van der Waals surface area (Å²) in [6.07, 6.45) is 0. The van der Waals surface area contributed by atoms with Gasteiger partial charge in [-0.1, -0.05) is 68.1 Å². The molecule has 0 unspecified atom stereocenters. The van der Waals surface area contributed by atoms with Crippen LogP contribution in [-0.4, -0.2) is 0 Å². The Labute approximate surface area is 96.9 Å². The largest absolute Gasteiger partial charge is 0.306 e. The van der Waals surface area contributed by atoms with Gasteiger partial charge < -0.3 is 11.5 Å². The van der Waals surface area contributed by atoms with Crippen LogP contribution in [0, 0.1) is 0 Å². The predicted molar refractivity (Wildman–Crippen MR) is 68.8 cm³/mol. The Bertz CT molecular complexity index is 380. The Morgan fingerprint density at radius 1 is 0.625 bits per heavy atom. The highest BCUT2D eigenvalue weighted by atomic mass is 15.0. The lowest BCUT2D eigenvalue weighted by Crippen LogP contribution is -2.46. The molecule has 0 aromatic heterocycles. The molecule has 0 atom stereocenters. The van der Waals surface area contributed by atoms with Crippen molar-refractivity contribution in [2.75, 3.05) is 0 Å². The van der Waals surface area contributed by atoms with Gasteiger partial charge >= 0.3 is 0 Å². The smallest absolute Gasteiger partial charge is 0.116 e. The summed E-state index contributed by atoms with van der Waals surface area (Å²) in [6, 6.07) is 19.4. The number of rotatable bonds is 2. The molecule has 0 saturated carbocycles. The molecule has 0 saturated heterocycles. The summed E-state index contributed by atoms with van der Waals surface area (Å²) >= 11 is 0. The molecule has 0 aliphatic heterocycles. The lowest BCUT2D eigenvalue weighted by molar-refractivity contribution is 0.567. The quantitative estimate of drug-likeness (QED) is 0.754. The third-order valence-electron chi connectivity index (χ3n) is 2.50. The van der Waals surface area contributed by atoms with E-state index in [0.717, 1.165) is 11.1 Å². The molecule has 2 rings (SSSR count). The Hall–Kier alpha value is -1.64. The second-order valence-electron chi connectivity index (χ2n) is 3.60. The lowest BCUT2D eigenvalue weighted by atomic mass is 9.93. The maximum atomic E-state index is 6.14. The van der Waals surface area contributed by atoms with Crippen LogP contribution in [0.25, 0.3) is 0 Å². The molecule has 2 nitrogen and oxygen atoms in total. The summed E-state index contributed by atoms with van der Waals surface area (Å²) in [5.41, 5.74) is 13.2. The van der Waals surface area contributed by atoms with Crippen molar-refractivity contribution in [1.29, 1.82) is 0 Å². The molecule has 0 radical (unpaired) electrons. The molecule has 0 fully saturated rings. The van der Waals surface area contributed by atoms with Crippen molar-refractivity contribution >= 4 is 0 Å². The summed E-state index contributed by atoms with van der Waals surface area (Å²) in [6.45, 7) is 0. The predicted octanol–water partition coefficient (Wildman–Crippen LogP) is 2.44. The normalized spacial score (nSPS) is 10.6. The highest BCUT2D eigenvalue weighted by Crippen LogP contribution is 2.20. The Kier molecular flexibility index (Phi) is 3.82. The summed E-state index contributed by atoms with van der Waals surface area (Å²) in [5.74, 6) is 0. The molecule has 0 bridgehead atoms. The first kappa shape index (κ1) is 12.4. The van der Waals surface area contributed by atoms with Crippen LogP contribution in [0.5, 0.6) is 0 Å². The zero-order valence-corrected chi connectivity index (χ0v) is 8.43. The molecule has 0 heterocycles. The highest BCUT2D eigenvalue weighted by Gasteiger charge is 2.23. The van der Waals surface area contributed by atoms with E-state index in [0.29, 0.717) is 0 Å². The second kappa shape index (κ2) is 4.92. The van der Waals surface area contributed by atoms with E-state index in [1.807, 2.05) is 60.7 Å². The van der Waals surface area contributed by atoms with Crippen LogP contribution in [-0.2, 0) is 5.66 Å². The van der Waals surface area contributed by atoms with E-state index >= 15 is 0 Å². The van der Waals surface area contributed by atoms with Gasteiger partial charge in [-0.05, 0) is 11.1 Å². The lowest BCUT2D eigenvalue weighted by Gasteiger charge is -2.25. The number of hydrogen-bond donors (Lipinski definition) is 2. The molecule has 0 aliphatic carbocycles. The van der Waals surface area contributed by atoms with Crippen molar-refractivity contribution < 1.29 is 0 Å². The van der Waals surface area contributed by atoms with Crippen LogP contribution in [0.3, 0.4) is 0 Å². The minimum Gasteiger partial charge on any atom is -0.306 e. The molecule has 84 valence electrons. The molecule has 0 amide bonds. The zero-order valence-electron chi connectivity index (χ0n) is 8.43. The minimum atomic E-state index is -0.914. The van der Waals surface area contributed by atoms with Crippen molar-refractivity contribution in [2.24, 2.45) is 11.5 Å². The van der Waals surface area contributed by atoms with Crippen LogP contribution in [0.15, 0.2) is 60.7 Å². The van der Waals surface area contributed by atoms with Crippen LogP contribution in [0.4, 0.5) is 0 Å². The SMILES string of the molecule is C.NC(N)(c1ccccc1)c1ccccc1. The van der Waals surface area contributed by atoms with Crippen LogP contribution in [0.1, 0.15) is 18.6 Å². The molecule has 2 aromatic rings. The van der Waals surface area contributed by atoms with Crippen LogP contribution >= 0.6 is 0 Å². The maximum absolute atomic E-state index is 6.14. The van der Waals surface area contributed by atoms with Gasteiger partial charge in [-0.25, -0.2) is 0 Å². The van der Waals surface area contributed by atoms with E-state index in [1.54, 1.807) is 0 Å². The fraction of sp³-hybridized carbons (Fsp3) is 0.143. The first-order valence-electron chi connectivity index (χ1n) is 4.90. The third-order valence-corrected chi connectivity index (χ3v) is 2.50. The van der Waals surface area contributed by atoms with Gasteiger partial charge in [0.2, 0.25) is 0 Å². The third kappa shape index (κ3) is 2.30. The number of nitrogens with two attached hydrogens (primary N) is 2. The number of hydrogen-bond acceptors (Lipinski definition) is 2. The topological polar surface area (TPSA) is 52.0 Å². The fourth-order valence-electron chi connectivity index (χ4n) is 1.59.